The van der Waals surface area contributed by atoms with Crippen LogP contribution < -0.4 is 10.1 Å². The number of nitrogens with zero attached hydrogens (tertiary/aromatic N) is 4. The third-order valence-electron chi connectivity index (χ3n) is 3.87. The number of para-hydroxylation sites is 1. The molecule has 3 aromatic rings. The van der Waals surface area contributed by atoms with Crippen molar-refractivity contribution in [2.45, 2.75) is 25.0 Å². The van der Waals surface area contributed by atoms with Crippen LogP contribution in [0.15, 0.2) is 60.0 Å². The van der Waals surface area contributed by atoms with Crippen molar-refractivity contribution in [1.82, 2.24) is 25.1 Å². The van der Waals surface area contributed by atoms with Gasteiger partial charge in [-0.3, -0.25) is 9.78 Å². The minimum absolute atomic E-state index is 0.0572. The summed E-state index contributed by atoms with van der Waals surface area (Å²) >= 11 is 1.39. The van der Waals surface area contributed by atoms with Crippen molar-refractivity contribution in [2.75, 3.05) is 18.9 Å². The average molecular weight is 398 g/mol. The molecule has 0 unspecified atom stereocenters. The number of thioether (sulfide) groups is 1. The van der Waals surface area contributed by atoms with Gasteiger partial charge in [0, 0.05) is 24.5 Å². The third-order valence-corrected chi connectivity index (χ3v) is 4.84. The smallest absolute Gasteiger partial charge is 0.230 e. The van der Waals surface area contributed by atoms with Gasteiger partial charge in [0.05, 0.1) is 12.3 Å². The maximum Gasteiger partial charge on any atom is 0.230 e. The zero-order chi connectivity index (χ0) is 19.6. The number of pyridine rings is 1. The average Bonchev–Trinajstić information content (AvgIpc) is 3.14. The van der Waals surface area contributed by atoms with E-state index in [4.69, 9.17) is 4.74 Å². The van der Waals surface area contributed by atoms with Gasteiger partial charge in [-0.15, -0.1) is 10.2 Å². The van der Waals surface area contributed by atoms with Crippen molar-refractivity contribution in [3.63, 3.8) is 0 Å². The van der Waals surface area contributed by atoms with E-state index in [1.165, 1.54) is 11.8 Å². The number of ether oxygens (including phenoxy) is 1. The fraction of sp³-hybridized carbons (Fsp3) is 0.300. The maximum absolute atomic E-state index is 12.1. The molecule has 146 valence electrons. The van der Waals surface area contributed by atoms with Gasteiger partial charge in [-0.05, 0) is 30.7 Å². The normalized spacial score (nSPS) is 10.6. The van der Waals surface area contributed by atoms with Crippen molar-refractivity contribution in [3.8, 4) is 17.1 Å². The lowest BCUT2D eigenvalue weighted by Gasteiger charge is -2.09. The second-order valence-corrected chi connectivity index (χ2v) is 6.94. The van der Waals surface area contributed by atoms with E-state index in [1.54, 1.807) is 12.4 Å². The molecule has 0 saturated carbocycles. The number of nitrogens with one attached hydrogen (secondary N) is 1. The topological polar surface area (TPSA) is 81.9 Å². The molecule has 3 rings (SSSR count). The van der Waals surface area contributed by atoms with E-state index in [1.807, 2.05) is 47.0 Å². The van der Waals surface area contributed by atoms with Crippen LogP contribution in [0.4, 0.5) is 0 Å². The van der Waals surface area contributed by atoms with Gasteiger partial charge in [0.2, 0.25) is 5.91 Å². The molecule has 0 aliphatic heterocycles. The molecule has 1 aromatic carbocycles. The standard InChI is InChI=1S/C20H23N5O2S/c1-2-13-25-19(16-8-10-21-11-9-16)23-24-20(25)28-15-18(26)22-12-14-27-17-6-4-3-5-7-17/h3-11H,2,12-15H2,1H3,(H,22,26). The molecular formula is C20H23N5O2S. The Morgan fingerprint density at radius 2 is 1.93 bits per heavy atom. The molecular weight excluding hydrogens is 374 g/mol. The molecule has 1 N–H and O–H groups in total. The lowest BCUT2D eigenvalue weighted by Crippen LogP contribution is -2.29. The summed E-state index contributed by atoms with van der Waals surface area (Å²) in [4.78, 5) is 16.2. The number of rotatable bonds is 10. The Bertz CT molecular complexity index is 871. The number of carbonyl (C=O) groups excluding carboxylic acids is 1. The number of amides is 1. The lowest BCUT2D eigenvalue weighted by atomic mass is 10.2. The highest BCUT2D eigenvalue weighted by Crippen LogP contribution is 2.23. The van der Waals surface area contributed by atoms with Gasteiger partial charge in [-0.1, -0.05) is 36.9 Å². The number of carbonyl (C=O) groups is 1. The molecule has 0 bridgehead atoms. The van der Waals surface area contributed by atoms with Crippen molar-refractivity contribution >= 4 is 17.7 Å². The molecule has 0 saturated heterocycles. The van der Waals surface area contributed by atoms with Crippen LogP contribution in [-0.4, -0.2) is 44.6 Å². The first-order valence-corrected chi connectivity index (χ1v) is 10.2. The molecule has 28 heavy (non-hydrogen) atoms. The Morgan fingerprint density at radius 3 is 2.68 bits per heavy atom. The van der Waals surface area contributed by atoms with E-state index in [-0.39, 0.29) is 11.7 Å². The number of aromatic nitrogens is 4. The summed E-state index contributed by atoms with van der Waals surface area (Å²) in [5.74, 6) is 1.81. The van der Waals surface area contributed by atoms with Gasteiger partial charge in [0.1, 0.15) is 12.4 Å². The molecule has 7 nitrogen and oxygen atoms in total. The maximum atomic E-state index is 12.1. The largest absolute Gasteiger partial charge is 0.492 e. The second kappa shape index (κ2) is 10.5. The Labute approximate surface area is 168 Å². The van der Waals surface area contributed by atoms with Crippen molar-refractivity contribution < 1.29 is 9.53 Å². The van der Waals surface area contributed by atoms with Crippen LogP contribution in [0.2, 0.25) is 0 Å². The monoisotopic (exact) mass is 397 g/mol. The molecule has 0 fully saturated rings. The molecule has 8 heteroatoms. The summed E-state index contributed by atoms with van der Waals surface area (Å²) in [5, 5.41) is 12.2. The number of benzene rings is 1. The quantitative estimate of drug-likeness (QED) is 0.418. The molecule has 2 heterocycles. The molecule has 0 spiro atoms. The van der Waals surface area contributed by atoms with E-state index >= 15 is 0 Å². The number of hydrogen-bond acceptors (Lipinski definition) is 6. The van der Waals surface area contributed by atoms with Gasteiger partial charge in [-0.25, -0.2) is 0 Å². The fourth-order valence-electron chi connectivity index (χ4n) is 2.59. The van der Waals surface area contributed by atoms with Gasteiger partial charge in [0.25, 0.3) is 0 Å². The Kier molecular flexibility index (Phi) is 7.43. The molecule has 0 radical (unpaired) electrons. The van der Waals surface area contributed by atoms with E-state index in [0.717, 1.165) is 35.3 Å². The van der Waals surface area contributed by atoms with Crippen LogP contribution in [0.3, 0.4) is 0 Å². The SMILES string of the molecule is CCCn1c(SCC(=O)NCCOc2ccccc2)nnc1-c1ccncc1. The van der Waals surface area contributed by atoms with Crippen LogP contribution in [0.25, 0.3) is 11.4 Å². The zero-order valence-corrected chi connectivity index (χ0v) is 16.6. The van der Waals surface area contributed by atoms with Crippen molar-refractivity contribution in [3.05, 3.63) is 54.9 Å². The lowest BCUT2D eigenvalue weighted by molar-refractivity contribution is -0.118. The van der Waals surface area contributed by atoms with E-state index in [2.05, 4.69) is 27.4 Å². The number of hydrogen-bond donors (Lipinski definition) is 1. The Balaban J connectivity index is 1.49. The fourth-order valence-corrected chi connectivity index (χ4v) is 3.39. The summed E-state index contributed by atoms with van der Waals surface area (Å²) < 4.78 is 7.62. The first-order valence-electron chi connectivity index (χ1n) is 9.19. The minimum Gasteiger partial charge on any atom is -0.492 e. The zero-order valence-electron chi connectivity index (χ0n) is 15.7. The highest BCUT2D eigenvalue weighted by Gasteiger charge is 2.15. The van der Waals surface area contributed by atoms with Crippen LogP contribution in [-0.2, 0) is 11.3 Å². The predicted molar refractivity (Wildman–Crippen MR) is 109 cm³/mol. The Hall–Kier alpha value is -2.87. The van der Waals surface area contributed by atoms with Gasteiger partial charge < -0.3 is 14.6 Å². The summed E-state index contributed by atoms with van der Waals surface area (Å²) in [6, 6.07) is 13.4. The van der Waals surface area contributed by atoms with Crippen molar-refractivity contribution in [1.29, 1.82) is 0 Å². The van der Waals surface area contributed by atoms with Gasteiger partial charge in [0.15, 0.2) is 11.0 Å². The van der Waals surface area contributed by atoms with Crippen LogP contribution >= 0.6 is 11.8 Å². The van der Waals surface area contributed by atoms with E-state index in [9.17, 15) is 4.79 Å². The van der Waals surface area contributed by atoms with E-state index in [0.29, 0.717) is 13.2 Å². The van der Waals surface area contributed by atoms with Crippen LogP contribution in [0.1, 0.15) is 13.3 Å². The first-order chi connectivity index (χ1) is 13.8. The van der Waals surface area contributed by atoms with Gasteiger partial charge >= 0.3 is 0 Å². The highest BCUT2D eigenvalue weighted by atomic mass is 32.2. The minimum atomic E-state index is -0.0572. The predicted octanol–water partition coefficient (Wildman–Crippen LogP) is 3.04. The van der Waals surface area contributed by atoms with Crippen LogP contribution in [0.5, 0.6) is 5.75 Å². The Morgan fingerprint density at radius 1 is 1.14 bits per heavy atom. The molecule has 0 aliphatic carbocycles. The van der Waals surface area contributed by atoms with Gasteiger partial charge in [-0.2, -0.15) is 0 Å². The van der Waals surface area contributed by atoms with Crippen LogP contribution in [0, 0.1) is 0 Å². The van der Waals surface area contributed by atoms with Crippen molar-refractivity contribution in [2.24, 2.45) is 0 Å². The summed E-state index contributed by atoms with van der Waals surface area (Å²) in [6.07, 6.45) is 4.42. The summed E-state index contributed by atoms with van der Waals surface area (Å²) in [7, 11) is 0. The molecule has 2 aromatic heterocycles. The first kappa shape index (κ1) is 19.9. The highest BCUT2D eigenvalue weighted by molar-refractivity contribution is 7.99. The summed E-state index contributed by atoms with van der Waals surface area (Å²) in [6.45, 7) is 3.78. The van der Waals surface area contributed by atoms with E-state index < -0.39 is 0 Å². The molecule has 0 atom stereocenters. The second-order valence-electron chi connectivity index (χ2n) is 5.99. The molecule has 0 aliphatic rings. The third kappa shape index (κ3) is 5.56. The summed E-state index contributed by atoms with van der Waals surface area (Å²) in [5.41, 5.74) is 0.963. The molecule has 1 amide bonds.